The molecule has 0 unspecified atom stereocenters. The molecule has 0 aliphatic carbocycles. The highest BCUT2D eigenvalue weighted by molar-refractivity contribution is 5.88. The fourth-order valence-electron chi connectivity index (χ4n) is 3.29. The van der Waals surface area contributed by atoms with E-state index < -0.39 is 17.9 Å². The molecule has 3 aromatic carbocycles. The van der Waals surface area contributed by atoms with Crippen LogP contribution in [-0.2, 0) is 0 Å². The molecule has 0 radical (unpaired) electrons. The van der Waals surface area contributed by atoms with E-state index >= 15 is 0 Å². The summed E-state index contributed by atoms with van der Waals surface area (Å²) in [6.45, 7) is 2.61. The van der Waals surface area contributed by atoms with Crippen LogP contribution in [0.2, 0.25) is 0 Å². The molecule has 194 valence electrons. The van der Waals surface area contributed by atoms with Crippen molar-refractivity contribution < 1.29 is 43.9 Å². The second-order valence-electron chi connectivity index (χ2n) is 7.88. The molecular formula is C27H27NO9. The van der Waals surface area contributed by atoms with Crippen molar-refractivity contribution in [2.24, 2.45) is 0 Å². The van der Waals surface area contributed by atoms with Gasteiger partial charge in [-0.2, -0.15) is 0 Å². The smallest absolute Gasteiger partial charge is 0.335 e. The molecule has 3 aromatic rings. The van der Waals surface area contributed by atoms with Crippen LogP contribution in [0.1, 0.15) is 31.1 Å². The number of carboxylic acids is 3. The third-order valence-electron chi connectivity index (χ3n) is 5.33. The van der Waals surface area contributed by atoms with Crippen molar-refractivity contribution >= 4 is 17.9 Å². The summed E-state index contributed by atoms with van der Waals surface area (Å²) >= 11 is 0. The van der Waals surface area contributed by atoms with Crippen molar-refractivity contribution in [3.8, 4) is 17.2 Å². The highest BCUT2D eigenvalue weighted by Gasteiger charge is 2.09. The quantitative estimate of drug-likeness (QED) is 0.278. The summed E-state index contributed by atoms with van der Waals surface area (Å²) in [5, 5.41) is 27.0. The van der Waals surface area contributed by atoms with Crippen LogP contribution in [0, 0.1) is 0 Å². The molecule has 0 aliphatic rings. The number of carboxylic acid groups (broad SMARTS) is 3. The maximum atomic E-state index is 11.0. The second-order valence-corrected chi connectivity index (χ2v) is 7.88. The molecule has 0 aromatic heterocycles. The first kappa shape index (κ1) is 27.0. The molecule has 0 amide bonds. The van der Waals surface area contributed by atoms with Gasteiger partial charge in [0.2, 0.25) is 0 Å². The average molecular weight is 510 g/mol. The Bertz CT molecular complexity index is 1030. The van der Waals surface area contributed by atoms with Gasteiger partial charge in [-0.05, 0) is 72.8 Å². The van der Waals surface area contributed by atoms with Gasteiger partial charge in [-0.1, -0.05) is 0 Å². The van der Waals surface area contributed by atoms with Gasteiger partial charge in [-0.25, -0.2) is 14.4 Å². The summed E-state index contributed by atoms with van der Waals surface area (Å²) in [4.78, 5) is 35.0. The third kappa shape index (κ3) is 8.86. The predicted octanol–water partition coefficient (Wildman–Crippen LogP) is 3.62. The number of hydrogen-bond acceptors (Lipinski definition) is 7. The van der Waals surface area contributed by atoms with Crippen LogP contribution in [0.15, 0.2) is 72.8 Å². The van der Waals surface area contributed by atoms with Gasteiger partial charge in [0, 0.05) is 19.6 Å². The van der Waals surface area contributed by atoms with Crippen LogP contribution in [0.3, 0.4) is 0 Å². The maximum absolute atomic E-state index is 11.0. The summed E-state index contributed by atoms with van der Waals surface area (Å²) in [6.07, 6.45) is 0. The summed E-state index contributed by atoms with van der Waals surface area (Å²) in [5.41, 5.74) is 0.531. The lowest BCUT2D eigenvalue weighted by molar-refractivity contribution is 0.0686. The zero-order valence-corrected chi connectivity index (χ0v) is 19.9. The topological polar surface area (TPSA) is 143 Å². The predicted molar refractivity (Wildman–Crippen MR) is 133 cm³/mol. The molecule has 0 fully saturated rings. The van der Waals surface area contributed by atoms with Crippen LogP contribution in [-0.4, -0.2) is 77.6 Å². The Labute approximate surface area is 213 Å². The molecule has 0 saturated heterocycles. The van der Waals surface area contributed by atoms with Crippen molar-refractivity contribution in [3.63, 3.8) is 0 Å². The normalized spacial score (nSPS) is 10.6. The largest absolute Gasteiger partial charge is 0.492 e. The zero-order chi connectivity index (χ0) is 26.6. The highest BCUT2D eigenvalue weighted by atomic mass is 16.5. The van der Waals surface area contributed by atoms with Gasteiger partial charge in [0.1, 0.15) is 37.1 Å². The lowest BCUT2D eigenvalue weighted by Gasteiger charge is -2.22. The molecule has 0 heterocycles. The lowest BCUT2D eigenvalue weighted by Crippen LogP contribution is -2.35. The molecule has 10 nitrogen and oxygen atoms in total. The molecule has 3 rings (SSSR count). The number of hydrogen-bond donors (Lipinski definition) is 3. The fraction of sp³-hybridized carbons (Fsp3) is 0.222. The molecular weight excluding hydrogens is 482 g/mol. The van der Waals surface area contributed by atoms with Gasteiger partial charge in [0.25, 0.3) is 0 Å². The number of rotatable bonds is 15. The number of benzene rings is 3. The minimum absolute atomic E-state index is 0.177. The van der Waals surface area contributed by atoms with Gasteiger partial charge in [-0.3, -0.25) is 4.90 Å². The average Bonchev–Trinajstić information content (AvgIpc) is 2.89. The number of aromatic carboxylic acids is 3. The second kappa shape index (κ2) is 13.5. The molecule has 0 saturated carbocycles. The molecule has 0 bridgehead atoms. The molecule has 0 aliphatic heterocycles. The summed E-state index contributed by atoms with van der Waals surface area (Å²) in [5.74, 6) is -1.37. The van der Waals surface area contributed by atoms with Crippen molar-refractivity contribution in [1.29, 1.82) is 0 Å². The van der Waals surface area contributed by atoms with Crippen LogP contribution in [0.4, 0.5) is 0 Å². The summed E-state index contributed by atoms with van der Waals surface area (Å²) in [7, 11) is 0. The molecule has 0 spiro atoms. The minimum atomic E-state index is -1.01. The van der Waals surface area contributed by atoms with E-state index in [-0.39, 0.29) is 16.7 Å². The first-order chi connectivity index (χ1) is 17.8. The Morgan fingerprint density at radius 1 is 0.486 bits per heavy atom. The Morgan fingerprint density at radius 2 is 0.730 bits per heavy atom. The van der Waals surface area contributed by atoms with Crippen LogP contribution in [0.5, 0.6) is 17.2 Å². The third-order valence-corrected chi connectivity index (χ3v) is 5.33. The van der Waals surface area contributed by atoms with Gasteiger partial charge in [0.15, 0.2) is 0 Å². The number of nitrogens with zero attached hydrogens (tertiary/aromatic N) is 1. The van der Waals surface area contributed by atoms with Gasteiger partial charge < -0.3 is 29.5 Å². The molecule has 37 heavy (non-hydrogen) atoms. The molecule has 0 atom stereocenters. The van der Waals surface area contributed by atoms with E-state index in [4.69, 9.17) is 29.5 Å². The van der Waals surface area contributed by atoms with E-state index in [2.05, 4.69) is 4.90 Å². The van der Waals surface area contributed by atoms with Crippen LogP contribution in [0.25, 0.3) is 0 Å². The van der Waals surface area contributed by atoms with Gasteiger partial charge in [-0.15, -0.1) is 0 Å². The summed E-state index contributed by atoms with van der Waals surface area (Å²) in [6, 6.07) is 18.4. The first-order valence-corrected chi connectivity index (χ1v) is 11.4. The van der Waals surface area contributed by atoms with E-state index in [1.807, 2.05) is 0 Å². The monoisotopic (exact) mass is 509 g/mol. The van der Waals surface area contributed by atoms with E-state index in [0.717, 1.165) is 0 Å². The van der Waals surface area contributed by atoms with Crippen LogP contribution < -0.4 is 14.2 Å². The maximum Gasteiger partial charge on any atom is 0.335 e. The zero-order valence-electron chi connectivity index (χ0n) is 19.9. The first-order valence-electron chi connectivity index (χ1n) is 11.4. The van der Waals surface area contributed by atoms with Crippen LogP contribution >= 0.6 is 0 Å². The Kier molecular flexibility index (Phi) is 9.86. The van der Waals surface area contributed by atoms with E-state index in [9.17, 15) is 14.4 Å². The van der Waals surface area contributed by atoms with Crippen molar-refractivity contribution in [2.75, 3.05) is 39.5 Å². The molecule has 10 heteroatoms. The number of carbonyl (C=O) groups is 3. The van der Waals surface area contributed by atoms with E-state index in [1.165, 1.54) is 36.4 Å². The van der Waals surface area contributed by atoms with E-state index in [0.29, 0.717) is 56.7 Å². The fourth-order valence-corrected chi connectivity index (χ4v) is 3.29. The van der Waals surface area contributed by atoms with Crippen molar-refractivity contribution in [1.82, 2.24) is 4.90 Å². The molecule has 3 N–H and O–H groups in total. The number of ether oxygens (including phenoxy) is 3. The van der Waals surface area contributed by atoms with E-state index in [1.54, 1.807) is 36.4 Å². The SMILES string of the molecule is O=C(O)c1ccc(OCCN(CCOc2ccc(C(=O)O)cc2)CCOc2ccc(C(=O)O)cc2)cc1. The highest BCUT2D eigenvalue weighted by Crippen LogP contribution is 2.15. The Morgan fingerprint density at radius 3 is 0.946 bits per heavy atom. The van der Waals surface area contributed by atoms with Crippen molar-refractivity contribution in [3.05, 3.63) is 89.5 Å². The van der Waals surface area contributed by atoms with Crippen molar-refractivity contribution in [2.45, 2.75) is 0 Å². The van der Waals surface area contributed by atoms with Gasteiger partial charge in [0.05, 0.1) is 16.7 Å². The minimum Gasteiger partial charge on any atom is -0.492 e. The lowest BCUT2D eigenvalue weighted by atomic mass is 10.2. The standard InChI is InChI=1S/C27H27NO9/c29-25(30)19-1-7-22(8-2-19)35-16-13-28(14-17-36-23-9-3-20(4-10-23)26(31)32)15-18-37-24-11-5-21(6-12-24)27(33)34/h1-12H,13-18H2,(H,29,30)(H,31,32)(H,33,34). The Hall–Kier alpha value is -4.57. The van der Waals surface area contributed by atoms with Gasteiger partial charge >= 0.3 is 17.9 Å². The Balaban J connectivity index is 1.51. The summed E-state index contributed by atoms with van der Waals surface area (Å²) < 4.78 is 17.2.